The zero-order chi connectivity index (χ0) is 40.1. The highest BCUT2D eigenvalue weighted by molar-refractivity contribution is 5.33. The van der Waals surface area contributed by atoms with Gasteiger partial charge in [-0.1, -0.05) is 27.7 Å². The predicted octanol–water partition coefficient (Wildman–Crippen LogP) is 0.724. The van der Waals surface area contributed by atoms with Crippen LogP contribution in [0.5, 0.6) is 0 Å². The fraction of sp³-hybridized carbons (Fsp3) is 1.00. The van der Waals surface area contributed by atoms with Crippen LogP contribution in [0.3, 0.4) is 0 Å². The van der Waals surface area contributed by atoms with Gasteiger partial charge in [-0.3, -0.25) is 0 Å². The van der Waals surface area contributed by atoms with Gasteiger partial charge in [0, 0.05) is 5.92 Å². The molecule has 0 aromatic carbocycles. The van der Waals surface area contributed by atoms with Crippen molar-refractivity contribution in [3.8, 4) is 0 Å². The molecule has 0 radical (unpaired) electrons. The SMILES string of the molecule is CC(C)(O)C1CC[C@](C)([C@H]2[C@@H](O)C[C@@]3(C)[C@@H]4C[C@H](O[C@@H]5O[C@H](CO)[C@@H](O)[C@H](O)[C@H]5O)[C@H]5C(C)(C)[C@@H](O[C@@H]6OC[C@@H](O)[C@H](O)[C@H]6O)CC[C@@]56C[C@@]46CC[C@]23C)O1. The normalized spacial score (nSPS) is 58.7. The smallest absolute Gasteiger partial charge is 0.186 e. The van der Waals surface area contributed by atoms with Gasteiger partial charge in [0.15, 0.2) is 12.6 Å². The Kier molecular flexibility index (Phi) is 9.90. The number of aliphatic hydroxyl groups is 9. The third kappa shape index (κ3) is 5.70. The van der Waals surface area contributed by atoms with E-state index in [0.717, 1.165) is 32.1 Å². The van der Waals surface area contributed by atoms with Gasteiger partial charge in [-0.2, -0.15) is 0 Å². The molecule has 14 nitrogen and oxygen atoms in total. The number of ether oxygens (including phenoxy) is 5. The van der Waals surface area contributed by atoms with Gasteiger partial charge in [0.05, 0.1) is 48.8 Å². The minimum absolute atomic E-state index is 0.0633. The number of hydrogen-bond donors (Lipinski definition) is 9. The van der Waals surface area contributed by atoms with Crippen molar-refractivity contribution in [3.05, 3.63) is 0 Å². The molecule has 3 saturated heterocycles. The first-order chi connectivity index (χ1) is 25.5. The van der Waals surface area contributed by atoms with Gasteiger partial charge >= 0.3 is 0 Å². The van der Waals surface area contributed by atoms with Crippen LogP contribution in [0.1, 0.15) is 106 Å². The lowest BCUT2D eigenvalue weighted by Crippen LogP contribution is -2.65. The maximum absolute atomic E-state index is 12.2. The van der Waals surface area contributed by atoms with Crippen molar-refractivity contribution in [1.82, 2.24) is 0 Å². The van der Waals surface area contributed by atoms with Crippen molar-refractivity contribution in [3.63, 3.8) is 0 Å². The second-order valence-corrected chi connectivity index (χ2v) is 21.1. The predicted molar refractivity (Wildman–Crippen MR) is 194 cm³/mol. The standard InChI is InChI=1S/C41H68O14/c1-35(2)24(54-33-29(48)26(45)20(44)17-51-33)9-11-41-18-40(41)13-12-37(5)31(39(7)10-8-25(55-39)36(3,4)50)19(43)15-38(37,6)23(40)14-21(32(35)41)52-34-30(49)28(47)27(46)22(16-42)53-34/h19-34,42-50H,8-18H2,1-7H3/t19-,20+,21-,22+,23-,24-,25?,26-,27+,28-,29+,30+,31-,32-,33-,34+,37+,38-,39+,40-,41+/m0/s1. The van der Waals surface area contributed by atoms with Gasteiger partial charge in [-0.25, -0.2) is 0 Å². The fourth-order valence-corrected chi connectivity index (χ4v) is 14.9. The van der Waals surface area contributed by atoms with Crippen molar-refractivity contribution < 1.29 is 69.6 Å². The molecule has 3 aliphatic heterocycles. The summed E-state index contributed by atoms with van der Waals surface area (Å²) in [6.45, 7) is 13.8. The van der Waals surface area contributed by atoms with E-state index in [2.05, 4.69) is 34.6 Å². The summed E-state index contributed by atoms with van der Waals surface area (Å²) in [5, 5.41) is 97.2. The summed E-state index contributed by atoms with van der Waals surface area (Å²) in [4.78, 5) is 0. The second kappa shape index (κ2) is 13.2. The number of rotatable bonds is 7. The number of hydrogen-bond acceptors (Lipinski definition) is 14. The highest BCUT2D eigenvalue weighted by Crippen LogP contribution is 2.89. The first-order valence-corrected chi connectivity index (χ1v) is 20.9. The quantitative estimate of drug-likeness (QED) is 0.162. The van der Waals surface area contributed by atoms with E-state index in [1.54, 1.807) is 13.8 Å². The van der Waals surface area contributed by atoms with E-state index in [1.807, 2.05) is 0 Å². The first-order valence-electron chi connectivity index (χ1n) is 20.9. The largest absolute Gasteiger partial charge is 0.394 e. The van der Waals surface area contributed by atoms with Crippen LogP contribution in [0.25, 0.3) is 0 Å². The molecule has 5 aliphatic carbocycles. The van der Waals surface area contributed by atoms with Gasteiger partial charge in [-0.15, -0.1) is 0 Å². The first kappa shape index (κ1) is 41.2. The van der Waals surface area contributed by atoms with E-state index in [4.69, 9.17) is 23.7 Å². The third-order valence-electron chi connectivity index (χ3n) is 17.6. The summed E-state index contributed by atoms with van der Waals surface area (Å²) in [5.41, 5.74) is -3.16. The van der Waals surface area contributed by atoms with Crippen LogP contribution in [0.2, 0.25) is 0 Å². The van der Waals surface area contributed by atoms with E-state index >= 15 is 0 Å². The molecule has 2 spiro atoms. The number of aliphatic hydroxyl groups excluding tert-OH is 8. The maximum atomic E-state index is 12.2. The van der Waals surface area contributed by atoms with Crippen molar-refractivity contribution in [2.75, 3.05) is 13.2 Å². The van der Waals surface area contributed by atoms with Crippen LogP contribution < -0.4 is 0 Å². The summed E-state index contributed by atoms with van der Waals surface area (Å²) in [6.07, 6.45) is -7.48. The van der Waals surface area contributed by atoms with Gasteiger partial charge in [0.2, 0.25) is 0 Å². The lowest BCUT2D eigenvalue weighted by atomic mass is 9.41. The summed E-state index contributed by atoms with van der Waals surface area (Å²) >= 11 is 0. The number of fused-ring (bicyclic) bond motifs is 2. The van der Waals surface area contributed by atoms with Crippen molar-refractivity contribution in [2.45, 2.75) is 197 Å². The van der Waals surface area contributed by atoms with Gasteiger partial charge < -0.3 is 69.6 Å². The molecule has 0 bridgehead atoms. The van der Waals surface area contributed by atoms with Crippen LogP contribution in [0, 0.1) is 44.8 Å². The van der Waals surface area contributed by atoms with Crippen molar-refractivity contribution in [2.24, 2.45) is 44.8 Å². The van der Waals surface area contributed by atoms with E-state index in [1.165, 1.54) is 0 Å². The third-order valence-corrected chi connectivity index (χ3v) is 17.6. The average molecular weight is 785 g/mol. The molecule has 21 atom stereocenters. The Morgan fingerprint density at radius 2 is 1.40 bits per heavy atom. The molecule has 1 unspecified atom stereocenters. The summed E-state index contributed by atoms with van der Waals surface area (Å²) in [6, 6.07) is 0. The van der Waals surface area contributed by atoms with E-state index < -0.39 is 96.8 Å². The van der Waals surface area contributed by atoms with E-state index in [0.29, 0.717) is 25.7 Å². The molecule has 8 aliphatic rings. The molecule has 55 heavy (non-hydrogen) atoms. The highest BCUT2D eigenvalue weighted by atomic mass is 16.7. The molecule has 0 amide bonds. The average Bonchev–Trinajstić information content (AvgIpc) is 3.47. The molecule has 0 aromatic rings. The Hall–Kier alpha value is -0.560. The Morgan fingerprint density at radius 1 is 0.709 bits per heavy atom. The zero-order valence-electron chi connectivity index (χ0n) is 33.6. The molecule has 0 aromatic heterocycles. The van der Waals surface area contributed by atoms with Crippen molar-refractivity contribution in [1.29, 1.82) is 0 Å². The topological polar surface area (TPSA) is 228 Å². The molecule has 3 heterocycles. The van der Waals surface area contributed by atoms with Gasteiger partial charge in [0.1, 0.15) is 42.7 Å². The second-order valence-electron chi connectivity index (χ2n) is 21.1. The lowest BCUT2D eigenvalue weighted by Gasteiger charge is -2.65. The molecule has 316 valence electrons. The van der Waals surface area contributed by atoms with E-state index in [9.17, 15) is 46.0 Å². The minimum atomic E-state index is -1.60. The van der Waals surface area contributed by atoms with Crippen LogP contribution >= 0.6 is 0 Å². The Morgan fingerprint density at radius 3 is 2.05 bits per heavy atom. The minimum Gasteiger partial charge on any atom is -0.394 e. The van der Waals surface area contributed by atoms with Gasteiger partial charge in [0.25, 0.3) is 0 Å². The van der Waals surface area contributed by atoms with Crippen LogP contribution in [0.4, 0.5) is 0 Å². The molecule has 9 N–H and O–H groups in total. The summed E-state index contributed by atoms with van der Waals surface area (Å²) < 4.78 is 31.9. The molecule has 8 fully saturated rings. The molecular formula is C41H68O14. The zero-order valence-corrected chi connectivity index (χ0v) is 33.6. The van der Waals surface area contributed by atoms with Gasteiger partial charge in [-0.05, 0) is 117 Å². The van der Waals surface area contributed by atoms with Crippen LogP contribution in [-0.2, 0) is 23.7 Å². The summed E-state index contributed by atoms with van der Waals surface area (Å²) in [5.74, 6) is -0.215. The monoisotopic (exact) mass is 784 g/mol. The Labute approximate surface area is 324 Å². The molecular weight excluding hydrogens is 716 g/mol. The molecule has 8 rings (SSSR count). The Balaban J connectivity index is 1.15. The molecule has 14 heteroatoms. The van der Waals surface area contributed by atoms with Crippen LogP contribution in [0.15, 0.2) is 0 Å². The lowest BCUT2D eigenvalue weighted by molar-refractivity contribution is -0.339. The van der Waals surface area contributed by atoms with Crippen LogP contribution in [-0.4, -0.2) is 150 Å². The maximum Gasteiger partial charge on any atom is 0.186 e. The summed E-state index contributed by atoms with van der Waals surface area (Å²) in [7, 11) is 0. The highest BCUT2D eigenvalue weighted by Gasteiger charge is 2.85. The van der Waals surface area contributed by atoms with Crippen molar-refractivity contribution >= 4 is 0 Å². The molecule has 5 saturated carbocycles. The van der Waals surface area contributed by atoms with E-state index in [-0.39, 0.29) is 52.1 Å². The Bertz CT molecular complexity index is 1460. The fourth-order valence-electron chi connectivity index (χ4n) is 14.9.